The molecule has 1 saturated heterocycles. The highest BCUT2D eigenvalue weighted by Gasteiger charge is 2.36. The van der Waals surface area contributed by atoms with Crippen molar-refractivity contribution >= 4 is 29.1 Å². The Balaban J connectivity index is 1.70. The van der Waals surface area contributed by atoms with Gasteiger partial charge in [0.15, 0.2) is 0 Å². The summed E-state index contributed by atoms with van der Waals surface area (Å²) < 4.78 is 0. The van der Waals surface area contributed by atoms with Crippen molar-refractivity contribution in [3.63, 3.8) is 0 Å². The van der Waals surface area contributed by atoms with Crippen LogP contribution in [-0.2, 0) is 22.4 Å². The number of aliphatic hydroxyl groups is 1. The lowest BCUT2D eigenvalue weighted by Crippen LogP contribution is -2.58. The van der Waals surface area contributed by atoms with Crippen LogP contribution in [-0.4, -0.2) is 88.5 Å². The molecule has 1 fully saturated rings. The highest BCUT2D eigenvalue weighted by molar-refractivity contribution is 7.09. The fourth-order valence-corrected chi connectivity index (χ4v) is 7.36. The minimum absolute atomic E-state index is 0.00162. The number of carbonyl (C=O) groups is 3. The molecule has 2 heterocycles. The van der Waals surface area contributed by atoms with Crippen LogP contribution in [0.3, 0.4) is 0 Å². The van der Waals surface area contributed by atoms with E-state index < -0.39 is 6.04 Å². The van der Waals surface area contributed by atoms with E-state index in [1.807, 2.05) is 47.7 Å². The molecule has 1 aromatic heterocycles. The maximum absolute atomic E-state index is 14.3. The molecule has 262 valence electrons. The molecule has 5 atom stereocenters. The number of likely N-dealkylation sites (N-methyl/N-ethyl adjacent to an activating group) is 1. The predicted molar refractivity (Wildman–Crippen MR) is 190 cm³/mol. The monoisotopic (exact) mass is 669 g/mol. The molecule has 0 saturated carbocycles. The number of carbonyl (C=O) groups excluding carboxylic acids is 3. The van der Waals surface area contributed by atoms with Gasteiger partial charge in [-0.2, -0.15) is 0 Å². The molecule has 0 bridgehead atoms. The van der Waals surface area contributed by atoms with E-state index in [0.29, 0.717) is 37.9 Å². The van der Waals surface area contributed by atoms with Crippen LogP contribution in [0.25, 0.3) is 0 Å². The van der Waals surface area contributed by atoms with Crippen molar-refractivity contribution < 1.29 is 19.5 Å². The average Bonchev–Trinajstić information content (AvgIpc) is 3.54. The van der Waals surface area contributed by atoms with Crippen LogP contribution < -0.4 is 10.6 Å². The minimum Gasteiger partial charge on any atom is -0.396 e. The van der Waals surface area contributed by atoms with Crippen LogP contribution in [0, 0.1) is 11.8 Å². The van der Waals surface area contributed by atoms with Crippen LogP contribution in [0.2, 0.25) is 0 Å². The Hall–Kier alpha value is -2.82. The second kappa shape index (κ2) is 19.9. The summed E-state index contributed by atoms with van der Waals surface area (Å²) in [6.45, 7) is 12.1. The van der Waals surface area contributed by atoms with E-state index in [4.69, 9.17) is 4.98 Å². The maximum Gasteiger partial charge on any atom is 0.270 e. The first-order chi connectivity index (χ1) is 22.6. The fraction of sp³-hybridized carbons (Fsp3) is 0.676. The Kier molecular flexibility index (Phi) is 16.3. The van der Waals surface area contributed by atoms with E-state index in [0.717, 1.165) is 55.6 Å². The first kappa shape index (κ1) is 38.6. The molecule has 1 aliphatic rings. The van der Waals surface area contributed by atoms with E-state index in [1.165, 1.54) is 11.3 Å². The van der Waals surface area contributed by atoms with Crippen molar-refractivity contribution in [3.05, 3.63) is 52.0 Å². The quantitative estimate of drug-likeness (QED) is 0.183. The minimum atomic E-state index is -0.569. The van der Waals surface area contributed by atoms with Crippen LogP contribution in [0.4, 0.5) is 0 Å². The predicted octanol–water partition coefficient (Wildman–Crippen LogP) is 5.47. The number of rotatable bonds is 19. The van der Waals surface area contributed by atoms with Gasteiger partial charge in [0.25, 0.3) is 5.91 Å². The smallest absolute Gasteiger partial charge is 0.270 e. The van der Waals surface area contributed by atoms with Gasteiger partial charge in [0, 0.05) is 37.0 Å². The number of aryl methyl sites for hydroxylation is 1. The third-order valence-corrected chi connectivity index (χ3v) is 10.5. The van der Waals surface area contributed by atoms with Crippen molar-refractivity contribution in [2.45, 2.75) is 123 Å². The van der Waals surface area contributed by atoms with Gasteiger partial charge in [0.1, 0.15) is 11.7 Å². The zero-order valence-electron chi connectivity index (χ0n) is 29.5. The topological polar surface area (TPSA) is 115 Å². The van der Waals surface area contributed by atoms with Gasteiger partial charge < -0.3 is 20.6 Å². The second-order valence-corrected chi connectivity index (χ2v) is 14.5. The van der Waals surface area contributed by atoms with Gasteiger partial charge in [-0.1, -0.05) is 77.8 Å². The Morgan fingerprint density at radius 1 is 1.09 bits per heavy atom. The Labute approximate surface area is 286 Å². The molecule has 2 unspecified atom stereocenters. The summed E-state index contributed by atoms with van der Waals surface area (Å²) in [5.41, 5.74) is 1.54. The molecular weight excluding hydrogens is 611 g/mol. The summed E-state index contributed by atoms with van der Waals surface area (Å²) in [5.74, 6) is -0.0326. The molecule has 1 aliphatic heterocycles. The summed E-state index contributed by atoms with van der Waals surface area (Å²) in [5, 5.41) is 18.4. The van der Waals surface area contributed by atoms with Crippen LogP contribution >= 0.6 is 11.3 Å². The number of thiazole rings is 1. The SMILES string of the molecule is CCCN(C(=O)C(NC(=O)C1CCCCN1C)[C@@H](C)CC)[C@H](CCc1nc(C(=O)N[C@H](CCCO)Cc2ccccc2)cs1)C(C)C. The number of benzene rings is 1. The summed E-state index contributed by atoms with van der Waals surface area (Å²) >= 11 is 1.48. The van der Waals surface area contributed by atoms with Gasteiger partial charge in [0.2, 0.25) is 11.8 Å². The first-order valence-corrected chi connectivity index (χ1v) is 18.7. The van der Waals surface area contributed by atoms with E-state index in [9.17, 15) is 19.5 Å². The molecule has 9 nitrogen and oxygen atoms in total. The molecule has 47 heavy (non-hydrogen) atoms. The molecular formula is C37H59N5O4S. The lowest BCUT2D eigenvalue weighted by atomic mass is 9.92. The second-order valence-electron chi connectivity index (χ2n) is 13.6. The van der Waals surface area contributed by atoms with Crippen LogP contribution in [0.15, 0.2) is 35.7 Å². The van der Waals surface area contributed by atoms with Crippen molar-refractivity contribution in [3.8, 4) is 0 Å². The molecule has 3 N–H and O–H groups in total. The van der Waals surface area contributed by atoms with Crippen molar-refractivity contribution in [1.82, 2.24) is 25.4 Å². The Morgan fingerprint density at radius 2 is 1.83 bits per heavy atom. The van der Waals surface area contributed by atoms with E-state index in [1.54, 1.807) is 0 Å². The zero-order valence-corrected chi connectivity index (χ0v) is 30.4. The normalized spacial score (nSPS) is 17.9. The highest BCUT2D eigenvalue weighted by Crippen LogP contribution is 2.24. The van der Waals surface area contributed by atoms with Crippen LogP contribution in [0.1, 0.15) is 107 Å². The summed E-state index contributed by atoms with van der Waals surface area (Å²) in [6, 6.07) is 9.16. The lowest BCUT2D eigenvalue weighted by Gasteiger charge is -2.39. The summed E-state index contributed by atoms with van der Waals surface area (Å²) in [7, 11) is 2.00. The number of hydrogen-bond acceptors (Lipinski definition) is 7. The molecule has 2 aromatic rings. The molecule has 0 spiro atoms. The third kappa shape index (κ3) is 11.7. The zero-order chi connectivity index (χ0) is 34.3. The first-order valence-electron chi connectivity index (χ1n) is 17.8. The molecule has 0 aliphatic carbocycles. The van der Waals surface area contributed by atoms with Gasteiger partial charge in [-0.3, -0.25) is 19.3 Å². The largest absolute Gasteiger partial charge is 0.396 e. The highest BCUT2D eigenvalue weighted by atomic mass is 32.1. The van der Waals surface area contributed by atoms with Crippen LogP contribution in [0.5, 0.6) is 0 Å². The van der Waals surface area contributed by atoms with Crippen molar-refractivity contribution in [2.24, 2.45) is 11.8 Å². The number of hydrogen-bond donors (Lipinski definition) is 3. The molecule has 3 amide bonds. The standard InChI is InChI=1S/C37H59N5O4S/c1-7-21-42(37(46)34(27(5)8-2)40-36(45)32-18-12-13-22-41(32)6)31(26(3)4)19-20-33-39-30(25-47-33)35(44)38-29(17-14-23-43)24-28-15-10-9-11-16-28/h9-11,15-16,25-27,29,31-32,34,43H,7-8,12-14,17-24H2,1-6H3,(H,38,44)(H,40,45)/t27-,29+,31+,32?,34?/m0/s1. The number of aliphatic hydroxyl groups excluding tert-OH is 1. The lowest BCUT2D eigenvalue weighted by molar-refractivity contribution is -0.142. The van der Waals surface area contributed by atoms with Crippen molar-refractivity contribution in [1.29, 1.82) is 0 Å². The number of nitrogens with one attached hydrogen (secondary N) is 2. The summed E-state index contributed by atoms with van der Waals surface area (Å²) in [4.78, 5) is 49.8. The molecule has 1 aromatic carbocycles. The van der Waals surface area contributed by atoms with E-state index in [2.05, 4.69) is 50.2 Å². The number of likely N-dealkylation sites (tertiary alicyclic amines) is 1. The van der Waals surface area contributed by atoms with Gasteiger partial charge in [-0.25, -0.2) is 4.98 Å². The third-order valence-electron chi connectivity index (χ3n) is 9.58. The number of piperidine rings is 1. The van der Waals surface area contributed by atoms with Gasteiger partial charge in [-0.05, 0) is 75.9 Å². The average molecular weight is 670 g/mol. The Bertz CT molecular complexity index is 1240. The van der Waals surface area contributed by atoms with Gasteiger partial charge in [0.05, 0.1) is 11.0 Å². The summed E-state index contributed by atoms with van der Waals surface area (Å²) in [6.07, 6.45) is 7.92. The molecule has 10 heteroatoms. The molecule has 0 radical (unpaired) electrons. The van der Waals surface area contributed by atoms with Crippen molar-refractivity contribution in [2.75, 3.05) is 26.7 Å². The number of amides is 3. The van der Waals surface area contributed by atoms with Gasteiger partial charge in [-0.15, -0.1) is 11.3 Å². The fourth-order valence-electron chi connectivity index (χ4n) is 6.57. The Morgan fingerprint density at radius 3 is 2.47 bits per heavy atom. The van der Waals surface area contributed by atoms with E-state index in [-0.39, 0.29) is 54.3 Å². The number of nitrogens with zero attached hydrogens (tertiary/aromatic N) is 3. The van der Waals surface area contributed by atoms with E-state index >= 15 is 0 Å². The number of aromatic nitrogens is 1. The maximum atomic E-state index is 14.3. The molecule has 3 rings (SSSR count). The van der Waals surface area contributed by atoms with Gasteiger partial charge >= 0.3 is 0 Å².